The Labute approximate surface area is 102 Å². The van der Waals surface area contributed by atoms with Crippen LogP contribution >= 0.6 is 11.6 Å². The molecule has 1 N–H and O–H groups in total. The largest absolute Gasteiger partial charge is 0.491 e. The van der Waals surface area contributed by atoms with E-state index < -0.39 is 6.10 Å². The van der Waals surface area contributed by atoms with Crippen LogP contribution in [0.15, 0.2) is 24.3 Å². The number of hydrogen-bond acceptors (Lipinski definition) is 2. The van der Waals surface area contributed by atoms with Crippen molar-refractivity contribution in [3.63, 3.8) is 0 Å². The molecule has 0 heterocycles. The molecule has 1 aromatic carbocycles. The number of benzene rings is 1. The van der Waals surface area contributed by atoms with E-state index in [-0.39, 0.29) is 12.5 Å². The van der Waals surface area contributed by atoms with Crippen LogP contribution in [-0.4, -0.2) is 23.7 Å². The van der Waals surface area contributed by atoms with E-state index in [1.54, 1.807) is 0 Å². The van der Waals surface area contributed by atoms with Crippen molar-refractivity contribution in [2.24, 2.45) is 0 Å². The van der Waals surface area contributed by atoms with Crippen LogP contribution in [0.3, 0.4) is 0 Å². The van der Waals surface area contributed by atoms with Gasteiger partial charge in [0.2, 0.25) is 0 Å². The predicted octanol–water partition coefficient (Wildman–Crippen LogP) is 3.18. The Balaban J connectivity index is 2.51. The van der Waals surface area contributed by atoms with Crippen molar-refractivity contribution < 1.29 is 9.84 Å². The summed E-state index contributed by atoms with van der Waals surface area (Å²) in [6, 6.07) is 8.00. The lowest BCUT2D eigenvalue weighted by atomic mass is 9.99. The zero-order chi connectivity index (χ0) is 12.0. The van der Waals surface area contributed by atoms with Crippen molar-refractivity contribution in [3.05, 3.63) is 29.8 Å². The van der Waals surface area contributed by atoms with E-state index >= 15 is 0 Å². The van der Waals surface area contributed by atoms with Crippen molar-refractivity contribution in [1.29, 1.82) is 0 Å². The second-order valence-electron chi connectivity index (χ2n) is 4.00. The molecule has 0 fully saturated rings. The first-order valence-electron chi connectivity index (χ1n) is 5.64. The maximum absolute atomic E-state index is 9.24. The Bertz CT molecular complexity index is 297. The van der Waals surface area contributed by atoms with Crippen molar-refractivity contribution in [2.75, 3.05) is 12.5 Å². The van der Waals surface area contributed by atoms with Crippen LogP contribution in [0.2, 0.25) is 0 Å². The first-order valence-corrected chi connectivity index (χ1v) is 6.17. The van der Waals surface area contributed by atoms with Gasteiger partial charge < -0.3 is 9.84 Å². The van der Waals surface area contributed by atoms with E-state index in [0.29, 0.717) is 5.92 Å². The second kappa shape index (κ2) is 6.77. The molecule has 2 nitrogen and oxygen atoms in total. The molecular formula is C13H19ClO2. The fourth-order valence-corrected chi connectivity index (χ4v) is 1.45. The van der Waals surface area contributed by atoms with Crippen LogP contribution in [0, 0.1) is 0 Å². The van der Waals surface area contributed by atoms with Gasteiger partial charge in [0, 0.05) is 0 Å². The summed E-state index contributed by atoms with van der Waals surface area (Å²) in [6.07, 6.45) is 0.529. The minimum Gasteiger partial charge on any atom is -0.491 e. The zero-order valence-corrected chi connectivity index (χ0v) is 10.6. The summed E-state index contributed by atoms with van der Waals surface area (Å²) < 4.78 is 5.39. The summed E-state index contributed by atoms with van der Waals surface area (Å²) >= 11 is 5.47. The SMILES string of the molecule is CCC(C)c1ccc(OCC(O)CCl)cc1. The maximum Gasteiger partial charge on any atom is 0.119 e. The quantitative estimate of drug-likeness (QED) is 0.777. The van der Waals surface area contributed by atoms with E-state index in [9.17, 15) is 5.11 Å². The minimum atomic E-state index is -0.601. The molecule has 0 bridgehead atoms. The molecule has 0 aliphatic rings. The molecule has 2 unspecified atom stereocenters. The number of rotatable bonds is 6. The van der Waals surface area contributed by atoms with E-state index in [1.807, 2.05) is 12.1 Å². The van der Waals surface area contributed by atoms with Gasteiger partial charge in [-0.15, -0.1) is 11.6 Å². The van der Waals surface area contributed by atoms with Crippen molar-refractivity contribution in [1.82, 2.24) is 0 Å². The molecule has 16 heavy (non-hydrogen) atoms. The van der Waals surface area contributed by atoms with Gasteiger partial charge >= 0.3 is 0 Å². The molecule has 0 aromatic heterocycles. The molecule has 2 atom stereocenters. The smallest absolute Gasteiger partial charge is 0.119 e. The highest BCUT2D eigenvalue weighted by molar-refractivity contribution is 6.18. The molecule has 0 saturated heterocycles. The molecule has 0 aliphatic carbocycles. The van der Waals surface area contributed by atoms with Gasteiger partial charge in [-0.25, -0.2) is 0 Å². The third-order valence-corrected chi connectivity index (χ3v) is 3.04. The molecular weight excluding hydrogens is 224 g/mol. The highest BCUT2D eigenvalue weighted by atomic mass is 35.5. The van der Waals surface area contributed by atoms with Crippen LogP contribution in [0.25, 0.3) is 0 Å². The first kappa shape index (κ1) is 13.3. The average molecular weight is 243 g/mol. The van der Waals surface area contributed by atoms with Crippen LogP contribution in [0.1, 0.15) is 31.7 Å². The van der Waals surface area contributed by atoms with Gasteiger partial charge in [-0.3, -0.25) is 0 Å². The van der Waals surface area contributed by atoms with E-state index in [0.717, 1.165) is 12.2 Å². The Kier molecular flexibility index (Phi) is 5.64. The predicted molar refractivity (Wildman–Crippen MR) is 67.4 cm³/mol. The molecule has 1 aromatic rings. The van der Waals surface area contributed by atoms with Crippen LogP contribution in [0.5, 0.6) is 5.75 Å². The lowest BCUT2D eigenvalue weighted by Gasteiger charge is -2.12. The molecule has 3 heteroatoms. The van der Waals surface area contributed by atoms with Crippen LogP contribution in [-0.2, 0) is 0 Å². The normalized spacial score (nSPS) is 14.5. The average Bonchev–Trinajstić information content (AvgIpc) is 2.35. The number of aliphatic hydroxyl groups excluding tert-OH is 1. The summed E-state index contributed by atoms with van der Waals surface area (Å²) in [5.41, 5.74) is 1.31. The summed E-state index contributed by atoms with van der Waals surface area (Å²) in [7, 11) is 0. The molecule has 0 radical (unpaired) electrons. The topological polar surface area (TPSA) is 29.5 Å². The van der Waals surface area contributed by atoms with Gasteiger partial charge in [0.25, 0.3) is 0 Å². The fourth-order valence-electron chi connectivity index (χ4n) is 1.37. The summed E-state index contributed by atoms with van der Waals surface area (Å²) in [4.78, 5) is 0. The van der Waals surface area contributed by atoms with Gasteiger partial charge in [-0.05, 0) is 30.0 Å². The molecule has 0 amide bonds. The maximum atomic E-state index is 9.24. The molecule has 0 spiro atoms. The Morgan fingerprint density at radius 3 is 2.44 bits per heavy atom. The number of hydrogen-bond donors (Lipinski definition) is 1. The number of alkyl halides is 1. The molecule has 0 saturated carbocycles. The van der Waals surface area contributed by atoms with Gasteiger partial charge in [0.15, 0.2) is 0 Å². The standard InChI is InChI=1S/C13H19ClO2/c1-3-10(2)11-4-6-13(7-5-11)16-9-12(15)8-14/h4-7,10,12,15H,3,8-9H2,1-2H3. The van der Waals surface area contributed by atoms with Crippen LogP contribution < -0.4 is 4.74 Å². The van der Waals surface area contributed by atoms with Gasteiger partial charge in [0.05, 0.1) is 5.88 Å². The van der Waals surface area contributed by atoms with E-state index in [2.05, 4.69) is 26.0 Å². The van der Waals surface area contributed by atoms with Crippen molar-refractivity contribution in [3.8, 4) is 5.75 Å². The third kappa shape index (κ3) is 4.03. The first-order chi connectivity index (χ1) is 7.67. The van der Waals surface area contributed by atoms with Crippen molar-refractivity contribution in [2.45, 2.75) is 32.3 Å². The third-order valence-electron chi connectivity index (χ3n) is 2.68. The van der Waals surface area contributed by atoms with Crippen LogP contribution in [0.4, 0.5) is 0 Å². The minimum absolute atomic E-state index is 0.199. The van der Waals surface area contributed by atoms with Crippen molar-refractivity contribution >= 4 is 11.6 Å². The van der Waals surface area contributed by atoms with E-state index in [1.165, 1.54) is 5.56 Å². The van der Waals surface area contributed by atoms with E-state index in [4.69, 9.17) is 16.3 Å². The molecule has 90 valence electrons. The fraction of sp³-hybridized carbons (Fsp3) is 0.538. The number of aliphatic hydroxyl groups is 1. The summed E-state index contributed by atoms with van der Waals surface area (Å²) in [5.74, 6) is 1.55. The monoisotopic (exact) mass is 242 g/mol. The van der Waals surface area contributed by atoms with Gasteiger partial charge in [-0.2, -0.15) is 0 Å². The molecule has 0 aliphatic heterocycles. The Morgan fingerprint density at radius 2 is 1.94 bits per heavy atom. The summed E-state index contributed by atoms with van der Waals surface area (Å²) in [5, 5.41) is 9.24. The summed E-state index contributed by atoms with van der Waals surface area (Å²) in [6.45, 7) is 4.62. The number of ether oxygens (including phenoxy) is 1. The van der Waals surface area contributed by atoms with Gasteiger partial charge in [-0.1, -0.05) is 26.0 Å². The highest BCUT2D eigenvalue weighted by Crippen LogP contribution is 2.21. The zero-order valence-electron chi connectivity index (χ0n) is 9.82. The highest BCUT2D eigenvalue weighted by Gasteiger charge is 2.05. The van der Waals surface area contributed by atoms with Gasteiger partial charge in [0.1, 0.15) is 18.5 Å². The lowest BCUT2D eigenvalue weighted by molar-refractivity contribution is 0.125. The Hall–Kier alpha value is -0.730. The molecule has 1 rings (SSSR count). The Morgan fingerprint density at radius 1 is 1.31 bits per heavy atom. The lowest BCUT2D eigenvalue weighted by Crippen LogP contribution is -2.18. The number of halogens is 1. The second-order valence-corrected chi connectivity index (χ2v) is 4.31.